The third kappa shape index (κ3) is 4.21. The van der Waals surface area contributed by atoms with Crippen LogP contribution in [-0.2, 0) is 23.7 Å². The molecule has 0 aliphatic carbocycles. The largest absolute Gasteiger partial charge is 0.490 e. The number of hydrogen-bond acceptors (Lipinski definition) is 5. The van der Waals surface area contributed by atoms with E-state index in [1.54, 1.807) is 0 Å². The van der Waals surface area contributed by atoms with Gasteiger partial charge in [0.2, 0.25) is 0 Å². The summed E-state index contributed by atoms with van der Waals surface area (Å²) in [7, 11) is 1.40. The maximum absolute atomic E-state index is 11.2. The van der Waals surface area contributed by atoms with E-state index >= 15 is 0 Å². The van der Waals surface area contributed by atoms with Crippen LogP contribution < -0.4 is 0 Å². The Kier molecular flexibility index (Phi) is 5.05. The van der Waals surface area contributed by atoms with Crippen LogP contribution in [0.3, 0.4) is 0 Å². The van der Waals surface area contributed by atoms with E-state index in [9.17, 15) is 4.79 Å². The zero-order chi connectivity index (χ0) is 14.6. The van der Waals surface area contributed by atoms with Crippen molar-refractivity contribution in [3.05, 3.63) is 11.8 Å². The summed E-state index contributed by atoms with van der Waals surface area (Å²) in [6, 6.07) is 0. The quantitative estimate of drug-likeness (QED) is 0.745. The lowest BCUT2D eigenvalue weighted by Crippen LogP contribution is -2.49. The molecule has 0 spiro atoms. The number of esters is 1. The van der Waals surface area contributed by atoms with Crippen LogP contribution in [0.2, 0.25) is 0 Å². The average molecular weight is 284 g/mol. The smallest absolute Gasteiger partial charge is 0.305 e. The maximum atomic E-state index is 11.2. The van der Waals surface area contributed by atoms with Gasteiger partial charge in [-0.15, -0.1) is 0 Å². The second-order valence-corrected chi connectivity index (χ2v) is 5.70. The molecule has 0 aromatic heterocycles. The molecule has 5 heteroatoms. The Morgan fingerprint density at radius 1 is 1.45 bits per heavy atom. The van der Waals surface area contributed by atoms with Crippen LogP contribution in [0.25, 0.3) is 0 Å². The number of methoxy groups -OCH3 is 1. The van der Waals surface area contributed by atoms with Crippen LogP contribution in [0.1, 0.15) is 46.0 Å². The average Bonchev–Trinajstić information content (AvgIpc) is 2.39. The lowest BCUT2D eigenvalue weighted by molar-refractivity contribution is -0.307. The Morgan fingerprint density at radius 3 is 3.00 bits per heavy atom. The van der Waals surface area contributed by atoms with E-state index in [1.807, 2.05) is 13.8 Å². The third-order valence-electron chi connectivity index (χ3n) is 3.62. The van der Waals surface area contributed by atoms with Crippen molar-refractivity contribution in [2.24, 2.45) is 0 Å². The van der Waals surface area contributed by atoms with Gasteiger partial charge in [-0.05, 0) is 39.2 Å². The van der Waals surface area contributed by atoms with Crippen molar-refractivity contribution in [2.45, 2.75) is 63.9 Å². The van der Waals surface area contributed by atoms with Crippen LogP contribution in [0.5, 0.6) is 0 Å². The molecule has 5 nitrogen and oxygen atoms in total. The summed E-state index contributed by atoms with van der Waals surface area (Å²) in [6.07, 6.45) is 5.92. The predicted octanol–water partition coefficient (Wildman–Crippen LogP) is 2.54. The van der Waals surface area contributed by atoms with E-state index in [0.29, 0.717) is 19.4 Å². The molecule has 0 N–H and O–H groups in total. The lowest BCUT2D eigenvalue weighted by Gasteiger charge is -2.42. The van der Waals surface area contributed by atoms with Crippen molar-refractivity contribution < 1.29 is 23.7 Å². The lowest BCUT2D eigenvalue weighted by atomic mass is 10.0. The van der Waals surface area contributed by atoms with E-state index in [-0.39, 0.29) is 18.2 Å². The van der Waals surface area contributed by atoms with Gasteiger partial charge in [0.05, 0.1) is 25.9 Å². The minimum atomic E-state index is -0.542. The summed E-state index contributed by atoms with van der Waals surface area (Å²) in [4.78, 5) is 11.2. The highest BCUT2D eigenvalue weighted by molar-refractivity contribution is 5.69. The fourth-order valence-electron chi connectivity index (χ4n) is 2.53. The van der Waals surface area contributed by atoms with Gasteiger partial charge < -0.3 is 18.9 Å². The summed E-state index contributed by atoms with van der Waals surface area (Å²) in [5.74, 6) is 0.0852. The Hall–Kier alpha value is -1.07. The molecule has 1 saturated heterocycles. The molecule has 0 unspecified atom stereocenters. The number of allylic oxidation sites excluding steroid dienone is 2. The van der Waals surface area contributed by atoms with Gasteiger partial charge in [0.15, 0.2) is 5.79 Å². The van der Waals surface area contributed by atoms with E-state index in [4.69, 9.17) is 14.2 Å². The van der Waals surface area contributed by atoms with Crippen molar-refractivity contribution in [1.29, 1.82) is 0 Å². The van der Waals surface area contributed by atoms with Crippen molar-refractivity contribution >= 4 is 5.97 Å². The van der Waals surface area contributed by atoms with Gasteiger partial charge in [-0.2, -0.15) is 0 Å². The van der Waals surface area contributed by atoms with Gasteiger partial charge >= 0.3 is 5.97 Å². The van der Waals surface area contributed by atoms with Crippen molar-refractivity contribution in [1.82, 2.24) is 0 Å². The maximum Gasteiger partial charge on any atom is 0.305 e. The molecular weight excluding hydrogens is 260 g/mol. The first-order chi connectivity index (χ1) is 9.50. The second-order valence-electron chi connectivity index (χ2n) is 5.70. The zero-order valence-electron chi connectivity index (χ0n) is 12.5. The van der Waals surface area contributed by atoms with Gasteiger partial charge in [-0.1, -0.05) is 0 Å². The Labute approximate surface area is 120 Å². The molecule has 2 aliphatic rings. The first kappa shape index (κ1) is 15.3. The molecule has 2 atom stereocenters. The van der Waals surface area contributed by atoms with Crippen LogP contribution in [0, 0.1) is 0 Å². The van der Waals surface area contributed by atoms with Gasteiger partial charge in [-0.3, -0.25) is 4.79 Å². The van der Waals surface area contributed by atoms with Crippen molar-refractivity contribution in [3.8, 4) is 0 Å². The molecule has 0 aromatic rings. The first-order valence-corrected chi connectivity index (χ1v) is 7.24. The minimum absolute atomic E-state index is 0.0561. The number of hydrogen-bond donors (Lipinski definition) is 0. The van der Waals surface area contributed by atoms with Gasteiger partial charge in [-0.25, -0.2) is 0 Å². The SMILES string of the molecule is COC(=O)CC/C1=C/CCC[C@H]2OC(C)(C)OC[C@@H]2O1. The number of carbonyl (C=O) groups is 1. The topological polar surface area (TPSA) is 54.0 Å². The summed E-state index contributed by atoms with van der Waals surface area (Å²) >= 11 is 0. The zero-order valence-corrected chi connectivity index (χ0v) is 12.5. The fourth-order valence-corrected chi connectivity index (χ4v) is 2.53. The highest BCUT2D eigenvalue weighted by Gasteiger charge is 2.38. The van der Waals surface area contributed by atoms with Crippen molar-refractivity contribution in [3.63, 3.8) is 0 Å². The number of carbonyl (C=O) groups excluding carboxylic acids is 1. The highest BCUT2D eigenvalue weighted by Crippen LogP contribution is 2.30. The molecule has 2 aliphatic heterocycles. The van der Waals surface area contributed by atoms with E-state index in [1.165, 1.54) is 7.11 Å². The molecule has 0 saturated carbocycles. The third-order valence-corrected chi connectivity index (χ3v) is 3.62. The molecule has 0 bridgehead atoms. The molecule has 114 valence electrons. The molecule has 2 heterocycles. The highest BCUT2D eigenvalue weighted by atomic mass is 16.7. The van der Waals surface area contributed by atoms with Crippen LogP contribution >= 0.6 is 0 Å². The van der Waals surface area contributed by atoms with E-state index in [0.717, 1.165) is 25.0 Å². The van der Waals surface area contributed by atoms with E-state index in [2.05, 4.69) is 10.8 Å². The Morgan fingerprint density at radius 2 is 2.25 bits per heavy atom. The molecular formula is C15H24O5. The van der Waals surface area contributed by atoms with Crippen LogP contribution in [0.4, 0.5) is 0 Å². The summed E-state index contributed by atoms with van der Waals surface area (Å²) in [6.45, 7) is 4.37. The Bertz CT molecular complexity index is 374. The van der Waals surface area contributed by atoms with Gasteiger partial charge in [0, 0.05) is 6.42 Å². The number of ether oxygens (including phenoxy) is 4. The Balaban J connectivity index is 1.95. The molecule has 0 aromatic carbocycles. The standard InChI is InChI=1S/C15H24O5/c1-15(2)18-10-13-12(20-15)7-5-4-6-11(19-13)8-9-14(16)17-3/h6,12-13H,4-5,7-10H2,1-3H3/b11-6-/t12-,13+/m1/s1. The summed E-state index contributed by atoms with van der Waals surface area (Å²) in [5.41, 5.74) is 0. The monoisotopic (exact) mass is 284 g/mol. The second kappa shape index (κ2) is 6.59. The number of fused-ring (bicyclic) bond motifs is 1. The summed E-state index contributed by atoms with van der Waals surface area (Å²) in [5, 5.41) is 0. The predicted molar refractivity (Wildman–Crippen MR) is 73.0 cm³/mol. The van der Waals surface area contributed by atoms with Crippen LogP contribution in [-0.4, -0.2) is 37.7 Å². The van der Waals surface area contributed by atoms with Gasteiger partial charge in [0.25, 0.3) is 0 Å². The molecule has 2 rings (SSSR count). The fraction of sp³-hybridized carbons (Fsp3) is 0.800. The molecule has 1 fully saturated rings. The minimum Gasteiger partial charge on any atom is -0.490 e. The molecule has 0 radical (unpaired) electrons. The number of rotatable bonds is 3. The molecule has 0 amide bonds. The van der Waals surface area contributed by atoms with Crippen molar-refractivity contribution in [2.75, 3.05) is 13.7 Å². The first-order valence-electron chi connectivity index (χ1n) is 7.24. The normalized spacial score (nSPS) is 31.9. The van der Waals surface area contributed by atoms with Gasteiger partial charge in [0.1, 0.15) is 12.2 Å². The van der Waals surface area contributed by atoms with E-state index < -0.39 is 5.79 Å². The summed E-state index contributed by atoms with van der Waals surface area (Å²) < 4.78 is 22.2. The van der Waals surface area contributed by atoms with Crippen LogP contribution in [0.15, 0.2) is 11.8 Å². The molecule has 20 heavy (non-hydrogen) atoms.